The maximum atomic E-state index is 13.4. The number of aliphatic hydroxyl groups is 1. The fraction of sp³-hybridized carbons (Fsp3) is 0.241. The number of methoxy groups -OCH3 is 1. The SMILES string of the molecule is COc1ccc(/C(O)=C2\C(=O)C(=O)N(c3cccc(Cl)c3C)C2c2ccccc2)cc1C(C)(C)C. The molecular formula is C29H28ClNO4. The van der Waals surface area contributed by atoms with Crippen molar-refractivity contribution >= 4 is 34.7 Å². The number of hydrogen-bond acceptors (Lipinski definition) is 4. The van der Waals surface area contributed by atoms with Gasteiger partial charge >= 0.3 is 0 Å². The van der Waals surface area contributed by atoms with Crippen LogP contribution in [0.15, 0.2) is 72.3 Å². The van der Waals surface area contributed by atoms with E-state index in [4.69, 9.17) is 16.3 Å². The molecule has 1 heterocycles. The highest BCUT2D eigenvalue weighted by molar-refractivity contribution is 6.52. The van der Waals surface area contributed by atoms with Crippen molar-refractivity contribution in [2.45, 2.75) is 39.2 Å². The fourth-order valence-electron chi connectivity index (χ4n) is 4.49. The van der Waals surface area contributed by atoms with Crippen LogP contribution in [0.2, 0.25) is 5.02 Å². The molecule has 1 aliphatic rings. The molecule has 0 aliphatic carbocycles. The Balaban J connectivity index is 1.98. The summed E-state index contributed by atoms with van der Waals surface area (Å²) in [5.74, 6) is -1.00. The van der Waals surface area contributed by atoms with E-state index >= 15 is 0 Å². The van der Waals surface area contributed by atoms with Crippen LogP contribution in [-0.2, 0) is 15.0 Å². The third-order valence-electron chi connectivity index (χ3n) is 6.34. The maximum absolute atomic E-state index is 13.4. The van der Waals surface area contributed by atoms with Crippen molar-refractivity contribution < 1.29 is 19.4 Å². The molecule has 1 unspecified atom stereocenters. The van der Waals surface area contributed by atoms with Crippen molar-refractivity contribution in [1.82, 2.24) is 0 Å². The standard InChI is InChI=1S/C29H28ClNO4/c1-17-21(30)12-9-13-22(17)31-25(18-10-7-6-8-11-18)24(27(33)28(31)34)26(32)19-14-15-23(35-5)20(16-19)29(2,3)4/h6-16,25,32H,1-5H3/b26-24+. The Kier molecular flexibility index (Phi) is 6.48. The lowest BCUT2D eigenvalue weighted by molar-refractivity contribution is -0.132. The van der Waals surface area contributed by atoms with Crippen LogP contribution in [-0.4, -0.2) is 23.9 Å². The van der Waals surface area contributed by atoms with Gasteiger partial charge in [-0.15, -0.1) is 0 Å². The first kappa shape index (κ1) is 24.6. The normalized spacial score (nSPS) is 17.7. The van der Waals surface area contributed by atoms with Gasteiger partial charge in [-0.2, -0.15) is 0 Å². The van der Waals surface area contributed by atoms with E-state index in [-0.39, 0.29) is 16.7 Å². The molecule has 1 saturated heterocycles. The predicted molar refractivity (Wildman–Crippen MR) is 139 cm³/mol. The molecule has 0 radical (unpaired) electrons. The molecule has 1 amide bonds. The molecule has 3 aromatic rings. The van der Waals surface area contributed by atoms with Gasteiger partial charge in [0.05, 0.1) is 18.7 Å². The van der Waals surface area contributed by atoms with Crippen LogP contribution in [0.25, 0.3) is 5.76 Å². The summed E-state index contributed by atoms with van der Waals surface area (Å²) in [4.78, 5) is 28.2. The molecule has 0 spiro atoms. The van der Waals surface area contributed by atoms with Gasteiger partial charge in [-0.1, -0.05) is 68.8 Å². The van der Waals surface area contributed by atoms with Crippen molar-refractivity contribution in [1.29, 1.82) is 0 Å². The second-order valence-electron chi connectivity index (χ2n) is 9.63. The first-order valence-electron chi connectivity index (χ1n) is 11.4. The molecule has 180 valence electrons. The molecule has 4 rings (SSSR count). The summed E-state index contributed by atoms with van der Waals surface area (Å²) in [7, 11) is 1.60. The van der Waals surface area contributed by atoms with E-state index < -0.39 is 17.7 Å². The number of benzene rings is 3. The molecule has 0 bridgehead atoms. The molecule has 1 aliphatic heterocycles. The van der Waals surface area contributed by atoms with Gasteiger partial charge in [0.15, 0.2) is 0 Å². The minimum Gasteiger partial charge on any atom is -0.507 e. The molecule has 35 heavy (non-hydrogen) atoms. The van der Waals surface area contributed by atoms with E-state index in [0.29, 0.717) is 33.1 Å². The summed E-state index contributed by atoms with van der Waals surface area (Å²) in [5, 5.41) is 12.0. The number of ether oxygens (including phenoxy) is 1. The van der Waals surface area contributed by atoms with E-state index in [2.05, 4.69) is 0 Å². The van der Waals surface area contributed by atoms with Gasteiger partial charge in [0.1, 0.15) is 11.5 Å². The van der Waals surface area contributed by atoms with Crippen LogP contribution < -0.4 is 9.64 Å². The van der Waals surface area contributed by atoms with Gasteiger partial charge in [-0.05, 0) is 53.8 Å². The van der Waals surface area contributed by atoms with Crippen LogP contribution in [0.3, 0.4) is 0 Å². The fourth-order valence-corrected chi connectivity index (χ4v) is 4.66. The van der Waals surface area contributed by atoms with Gasteiger partial charge < -0.3 is 9.84 Å². The number of ketones is 1. The lowest BCUT2D eigenvalue weighted by atomic mass is 9.84. The number of amides is 1. The highest BCUT2D eigenvalue weighted by Gasteiger charge is 2.47. The summed E-state index contributed by atoms with van der Waals surface area (Å²) >= 11 is 6.36. The smallest absolute Gasteiger partial charge is 0.300 e. The summed E-state index contributed by atoms with van der Waals surface area (Å²) in [5.41, 5.74) is 2.99. The molecule has 1 atom stereocenters. The zero-order valence-electron chi connectivity index (χ0n) is 20.4. The minimum absolute atomic E-state index is 0.0330. The Bertz CT molecular complexity index is 1340. The second kappa shape index (κ2) is 9.23. The van der Waals surface area contributed by atoms with E-state index in [1.165, 1.54) is 4.90 Å². The Morgan fingerprint density at radius 2 is 1.69 bits per heavy atom. The third kappa shape index (κ3) is 4.32. The van der Waals surface area contributed by atoms with E-state index in [0.717, 1.165) is 5.56 Å². The van der Waals surface area contributed by atoms with Crippen LogP contribution >= 0.6 is 11.6 Å². The molecule has 1 fully saturated rings. The second-order valence-corrected chi connectivity index (χ2v) is 10.0. The summed E-state index contributed by atoms with van der Waals surface area (Å²) in [6, 6.07) is 18.9. The summed E-state index contributed by atoms with van der Waals surface area (Å²) < 4.78 is 5.52. The Hall–Kier alpha value is -3.57. The van der Waals surface area contributed by atoms with Crippen LogP contribution in [0.5, 0.6) is 5.75 Å². The predicted octanol–water partition coefficient (Wildman–Crippen LogP) is 6.58. The summed E-state index contributed by atoms with van der Waals surface area (Å²) in [6.45, 7) is 7.93. The number of hydrogen-bond donors (Lipinski definition) is 1. The Morgan fingerprint density at radius 3 is 2.31 bits per heavy atom. The van der Waals surface area contributed by atoms with E-state index in [1.807, 2.05) is 57.2 Å². The zero-order valence-corrected chi connectivity index (χ0v) is 21.2. The van der Waals surface area contributed by atoms with E-state index in [9.17, 15) is 14.7 Å². The molecule has 3 aromatic carbocycles. The number of anilines is 1. The summed E-state index contributed by atoms with van der Waals surface area (Å²) in [6.07, 6.45) is 0. The Morgan fingerprint density at radius 1 is 1.00 bits per heavy atom. The number of Topliss-reactive ketones (excluding diaryl/α,β-unsaturated/α-hetero) is 1. The topological polar surface area (TPSA) is 66.8 Å². The van der Waals surface area contributed by atoms with Crippen LogP contribution in [0.4, 0.5) is 5.69 Å². The van der Waals surface area contributed by atoms with Crippen LogP contribution in [0, 0.1) is 6.92 Å². The molecule has 5 nitrogen and oxygen atoms in total. The largest absolute Gasteiger partial charge is 0.507 e. The number of halogens is 1. The maximum Gasteiger partial charge on any atom is 0.300 e. The molecule has 1 N–H and O–H groups in total. The Labute approximate surface area is 210 Å². The van der Waals surface area contributed by atoms with Crippen molar-refractivity contribution in [3.05, 3.63) is 99.6 Å². The van der Waals surface area contributed by atoms with E-state index in [1.54, 1.807) is 44.4 Å². The molecule has 0 saturated carbocycles. The van der Waals surface area contributed by atoms with Crippen molar-refractivity contribution in [2.24, 2.45) is 0 Å². The number of nitrogens with zero attached hydrogens (tertiary/aromatic N) is 1. The first-order chi connectivity index (χ1) is 16.6. The lowest BCUT2D eigenvalue weighted by Gasteiger charge is -2.27. The van der Waals surface area contributed by atoms with Gasteiger partial charge in [0, 0.05) is 21.8 Å². The lowest BCUT2D eigenvalue weighted by Crippen LogP contribution is -2.30. The average Bonchev–Trinajstić information content (AvgIpc) is 3.10. The highest BCUT2D eigenvalue weighted by Crippen LogP contribution is 2.44. The van der Waals surface area contributed by atoms with Crippen LogP contribution in [0.1, 0.15) is 49.1 Å². The third-order valence-corrected chi connectivity index (χ3v) is 6.75. The molecular weight excluding hydrogens is 462 g/mol. The average molecular weight is 490 g/mol. The number of rotatable bonds is 4. The quantitative estimate of drug-likeness (QED) is 0.255. The number of carbonyl (C=O) groups excluding carboxylic acids is 2. The van der Waals surface area contributed by atoms with Crippen molar-refractivity contribution in [3.63, 3.8) is 0 Å². The van der Waals surface area contributed by atoms with Gasteiger partial charge in [0.25, 0.3) is 11.7 Å². The highest BCUT2D eigenvalue weighted by atomic mass is 35.5. The van der Waals surface area contributed by atoms with Crippen molar-refractivity contribution in [3.8, 4) is 5.75 Å². The monoisotopic (exact) mass is 489 g/mol. The number of aliphatic hydroxyl groups excluding tert-OH is 1. The van der Waals surface area contributed by atoms with Gasteiger partial charge in [0.2, 0.25) is 0 Å². The molecule has 6 heteroatoms. The van der Waals surface area contributed by atoms with Gasteiger partial charge in [-0.25, -0.2) is 0 Å². The van der Waals surface area contributed by atoms with Crippen molar-refractivity contribution in [2.75, 3.05) is 12.0 Å². The van der Waals surface area contributed by atoms with Gasteiger partial charge in [-0.3, -0.25) is 14.5 Å². The first-order valence-corrected chi connectivity index (χ1v) is 11.7. The number of carbonyl (C=O) groups is 2. The zero-order chi connectivity index (χ0) is 25.5. The molecule has 0 aromatic heterocycles. The minimum atomic E-state index is -0.812.